The van der Waals surface area contributed by atoms with Gasteiger partial charge >= 0.3 is 6.18 Å². The van der Waals surface area contributed by atoms with Crippen LogP contribution in [0.3, 0.4) is 0 Å². The third-order valence-electron chi connectivity index (χ3n) is 2.02. The Balaban J connectivity index is 2.15. The highest BCUT2D eigenvalue weighted by molar-refractivity contribution is 5.35. The Morgan fingerprint density at radius 3 is 2.78 bits per heavy atom. The molecule has 7 nitrogen and oxygen atoms in total. The summed E-state index contributed by atoms with van der Waals surface area (Å²) in [5, 5.41) is 15.7. The highest BCUT2D eigenvalue weighted by atomic mass is 19.4. The fraction of sp³-hybridized carbons (Fsp3) is 0.375. The topological polar surface area (TPSA) is 92.3 Å². The van der Waals surface area contributed by atoms with Gasteiger partial charge in [0.25, 0.3) is 0 Å². The van der Waals surface area contributed by atoms with E-state index in [4.69, 9.17) is 0 Å². The first-order valence-electron chi connectivity index (χ1n) is 4.87. The average molecular weight is 259 g/mol. The molecule has 0 spiro atoms. The molecule has 0 fully saturated rings. The molecule has 0 bridgehead atoms. The molecule has 0 radical (unpaired) electrons. The van der Waals surface area contributed by atoms with E-state index in [0.717, 1.165) is 6.20 Å². The van der Waals surface area contributed by atoms with Gasteiger partial charge in [-0.15, -0.1) is 10.2 Å². The maximum absolute atomic E-state index is 12.4. The van der Waals surface area contributed by atoms with E-state index in [-0.39, 0.29) is 5.82 Å². The van der Waals surface area contributed by atoms with Crippen LogP contribution in [0.2, 0.25) is 0 Å². The summed E-state index contributed by atoms with van der Waals surface area (Å²) in [7, 11) is 0. The third kappa shape index (κ3) is 2.70. The molecule has 18 heavy (non-hydrogen) atoms. The maximum Gasteiger partial charge on any atom is 0.451 e. The minimum Gasteiger partial charge on any atom is -0.360 e. The largest absolute Gasteiger partial charge is 0.451 e. The van der Waals surface area contributed by atoms with Crippen LogP contribution in [0.15, 0.2) is 12.3 Å². The van der Waals surface area contributed by atoms with E-state index in [1.54, 1.807) is 6.92 Å². The van der Waals surface area contributed by atoms with Crippen molar-refractivity contribution in [1.29, 1.82) is 0 Å². The molecule has 96 valence electrons. The Labute approximate surface area is 98.8 Å². The van der Waals surface area contributed by atoms with E-state index in [1.807, 2.05) is 0 Å². The van der Waals surface area contributed by atoms with Gasteiger partial charge in [-0.1, -0.05) is 5.21 Å². The zero-order chi connectivity index (χ0) is 13.2. The van der Waals surface area contributed by atoms with Crippen molar-refractivity contribution in [2.75, 3.05) is 5.32 Å². The van der Waals surface area contributed by atoms with Gasteiger partial charge in [0.2, 0.25) is 5.82 Å². The number of alkyl halides is 3. The zero-order valence-electron chi connectivity index (χ0n) is 9.10. The van der Waals surface area contributed by atoms with Gasteiger partial charge in [0, 0.05) is 6.20 Å². The van der Waals surface area contributed by atoms with E-state index >= 15 is 0 Å². The Bertz CT molecular complexity index is 510. The molecule has 0 amide bonds. The van der Waals surface area contributed by atoms with E-state index in [1.165, 1.54) is 6.07 Å². The number of nitrogens with one attached hydrogen (secondary N) is 2. The fourth-order valence-electron chi connectivity index (χ4n) is 1.22. The highest BCUT2D eigenvalue weighted by Gasteiger charge is 2.34. The van der Waals surface area contributed by atoms with Gasteiger partial charge in [-0.2, -0.15) is 18.4 Å². The standard InChI is InChI=1S/C8H8F3N7/c1-4(6-15-17-18-16-6)13-5-2-3-12-7(14-5)8(9,10)11/h2-4H,1H3,(H,12,13,14)(H,15,16,17,18)/t4-/m1/s1. The Kier molecular flexibility index (Phi) is 3.08. The average Bonchev–Trinajstić information content (AvgIpc) is 2.81. The van der Waals surface area contributed by atoms with Crippen molar-refractivity contribution in [3.63, 3.8) is 0 Å². The molecule has 2 heterocycles. The van der Waals surface area contributed by atoms with Crippen LogP contribution >= 0.6 is 0 Å². The molecule has 0 saturated heterocycles. The molecule has 0 aromatic carbocycles. The second-order valence-electron chi connectivity index (χ2n) is 3.40. The number of aromatic amines is 1. The minimum absolute atomic E-state index is 0.0367. The molecule has 0 saturated carbocycles. The van der Waals surface area contributed by atoms with Crippen molar-refractivity contribution < 1.29 is 13.2 Å². The molecular formula is C8H8F3N7. The van der Waals surface area contributed by atoms with Crippen LogP contribution in [0.1, 0.15) is 24.6 Å². The molecule has 2 rings (SSSR count). The lowest BCUT2D eigenvalue weighted by molar-refractivity contribution is -0.144. The van der Waals surface area contributed by atoms with Gasteiger partial charge in [0.15, 0.2) is 5.82 Å². The van der Waals surface area contributed by atoms with Crippen molar-refractivity contribution >= 4 is 5.82 Å². The number of anilines is 1. The predicted octanol–water partition coefficient (Wildman–Crippen LogP) is 1.18. The lowest BCUT2D eigenvalue weighted by Crippen LogP contribution is -2.14. The lowest BCUT2D eigenvalue weighted by atomic mass is 10.3. The summed E-state index contributed by atoms with van der Waals surface area (Å²) in [4.78, 5) is 6.52. The molecule has 0 aliphatic heterocycles. The van der Waals surface area contributed by atoms with E-state index in [9.17, 15) is 13.2 Å². The SMILES string of the molecule is C[C@@H](Nc1ccnc(C(F)(F)F)n1)c1nn[nH]n1. The number of hydrogen-bond donors (Lipinski definition) is 2. The highest BCUT2D eigenvalue weighted by Crippen LogP contribution is 2.26. The molecular weight excluding hydrogens is 251 g/mol. The van der Waals surface area contributed by atoms with Gasteiger partial charge < -0.3 is 5.32 Å². The number of halogens is 3. The summed E-state index contributed by atoms with van der Waals surface area (Å²) in [5.74, 6) is -0.843. The minimum atomic E-state index is -4.58. The van der Waals surface area contributed by atoms with Crippen molar-refractivity contribution in [3.05, 3.63) is 23.9 Å². The normalized spacial score (nSPS) is 13.3. The van der Waals surface area contributed by atoms with E-state index < -0.39 is 18.0 Å². The predicted molar refractivity (Wildman–Crippen MR) is 53.2 cm³/mol. The summed E-state index contributed by atoms with van der Waals surface area (Å²) < 4.78 is 37.2. The van der Waals surface area contributed by atoms with Crippen LogP contribution in [0.4, 0.5) is 19.0 Å². The monoisotopic (exact) mass is 259 g/mol. The Morgan fingerprint density at radius 2 is 2.17 bits per heavy atom. The lowest BCUT2D eigenvalue weighted by Gasteiger charge is -2.11. The van der Waals surface area contributed by atoms with Gasteiger partial charge in [-0.25, -0.2) is 9.97 Å². The van der Waals surface area contributed by atoms with Crippen LogP contribution in [-0.2, 0) is 6.18 Å². The van der Waals surface area contributed by atoms with Crippen LogP contribution in [0.25, 0.3) is 0 Å². The molecule has 10 heteroatoms. The number of tetrazole rings is 1. The van der Waals surface area contributed by atoms with Crippen LogP contribution < -0.4 is 5.32 Å². The molecule has 2 aromatic rings. The second-order valence-corrected chi connectivity index (χ2v) is 3.40. The van der Waals surface area contributed by atoms with Crippen LogP contribution in [0, 0.1) is 0 Å². The summed E-state index contributed by atoms with van der Waals surface area (Å²) >= 11 is 0. The molecule has 0 aliphatic rings. The summed E-state index contributed by atoms with van der Waals surface area (Å²) in [6.45, 7) is 1.67. The smallest absolute Gasteiger partial charge is 0.360 e. The number of hydrogen-bond acceptors (Lipinski definition) is 6. The van der Waals surface area contributed by atoms with Crippen molar-refractivity contribution in [2.45, 2.75) is 19.1 Å². The quantitative estimate of drug-likeness (QED) is 0.859. The molecule has 0 unspecified atom stereocenters. The zero-order valence-corrected chi connectivity index (χ0v) is 9.10. The fourth-order valence-corrected chi connectivity index (χ4v) is 1.22. The van der Waals surface area contributed by atoms with E-state index in [0.29, 0.717) is 5.82 Å². The van der Waals surface area contributed by atoms with Crippen molar-refractivity contribution in [3.8, 4) is 0 Å². The first kappa shape index (κ1) is 12.2. The van der Waals surface area contributed by atoms with Crippen molar-refractivity contribution in [1.82, 2.24) is 30.6 Å². The molecule has 2 aromatic heterocycles. The molecule has 1 atom stereocenters. The molecule has 2 N–H and O–H groups in total. The number of nitrogens with zero attached hydrogens (tertiary/aromatic N) is 5. The Hall–Kier alpha value is -2.26. The van der Waals surface area contributed by atoms with Gasteiger partial charge in [0.05, 0.1) is 6.04 Å². The maximum atomic E-state index is 12.4. The summed E-state index contributed by atoms with van der Waals surface area (Å²) in [6, 6.07) is 0.894. The summed E-state index contributed by atoms with van der Waals surface area (Å²) in [6.07, 6.45) is -3.55. The Morgan fingerprint density at radius 1 is 1.39 bits per heavy atom. The third-order valence-corrected chi connectivity index (χ3v) is 2.02. The van der Waals surface area contributed by atoms with Crippen LogP contribution in [-0.4, -0.2) is 30.6 Å². The first-order valence-corrected chi connectivity index (χ1v) is 4.87. The number of aromatic nitrogens is 6. The van der Waals surface area contributed by atoms with Crippen molar-refractivity contribution in [2.24, 2.45) is 0 Å². The van der Waals surface area contributed by atoms with Crippen LogP contribution in [0.5, 0.6) is 0 Å². The molecule has 0 aliphatic carbocycles. The van der Waals surface area contributed by atoms with Gasteiger partial charge in [0.1, 0.15) is 5.82 Å². The number of H-pyrrole nitrogens is 1. The second kappa shape index (κ2) is 4.55. The summed E-state index contributed by atoms with van der Waals surface area (Å²) in [5.41, 5.74) is 0. The first-order chi connectivity index (χ1) is 8.47. The van der Waals surface area contributed by atoms with Gasteiger partial charge in [-0.05, 0) is 13.0 Å². The van der Waals surface area contributed by atoms with E-state index in [2.05, 4.69) is 35.9 Å². The number of rotatable bonds is 3. The van der Waals surface area contributed by atoms with Gasteiger partial charge in [-0.3, -0.25) is 0 Å².